The lowest BCUT2D eigenvalue weighted by Crippen LogP contribution is -2.05. The van der Waals surface area contributed by atoms with Gasteiger partial charge in [0.1, 0.15) is 11.6 Å². The summed E-state index contributed by atoms with van der Waals surface area (Å²) in [4.78, 5) is 12.3. The highest BCUT2D eigenvalue weighted by Crippen LogP contribution is 2.36. The predicted octanol–water partition coefficient (Wildman–Crippen LogP) is 6.16. The second-order valence-corrected chi connectivity index (χ2v) is 7.46. The number of fused-ring (bicyclic) bond motifs is 1. The molecule has 0 aliphatic rings. The average Bonchev–Trinajstić information content (AvgIpc) is 3.32. The minimum atomic E-state index is -4.45. The molecular weight excluding hydrogens is 485 g/mol. The first-order valence-corrected chi connectivity index (χ1v) is 11.2. The SMILES string of the molecule is CC.Nc1cc(Oc2ccc(-c3nc(Nc4cccc(C(F)(F)F)c4)n[nH]3)c3ccccc23)nc(N)n1. The van der Waals surface area contributed by atoms with Gasteiger partial charge in [-0.05, 0) is 35.7 Å². The molecule has 0 fully saturated rings. The topological polar surface area (TPSA) is 141 Å². The molecule has 2 heterocycles. The summed E-state index contributed by atoms with van der Waals surface area (Å²) in [6, 6.07) is 17.2. The number of ether oxygens (including phenoxy) is 1. The number of H-pyrrole nitrogens is 1. The predicted molar refractivity (Wildman–Crippen MR) is 136 cm³/mol. The minimum Gasteiger partial charge on any atom is -0.438 e. The number of aromatic amines is 1. The zero-order valence-corrected chi connectivity index (χ0v) is 19.8. The Hall–Kier alpha value is -4.87. The van der Waals surface area contributed by atoms with Gasteiger partial charge in [0.25, 0.3) is 0 Å². The summed E-state index contributed by atoms with van der Waals surface area (Å²) in [5.41, 5.74) is 11.5. The average molecular weight is 509 g/mol. The monoisotopic (exact) mass is 508 g/mol. The Morgan fingerprint density at radius 3 is 2.35 bits per heavy atom. The summed E-state index contributed by atoms with van der Waals surface area (Å²) < 4.78 is 44.9. The van der Waals surface area contributed by atoms with E-state index in [1.807, 2.05) is 38.1 Å². The fourth-order valence-corrected chi connectivity index (χ4v) is 3.53. The van der Waals surface area contributed by atoms with Crippen molar-refractivity contribution in [3.63, 3.8) is 0 Å². The molecular formula is C25H23F3N8O. The molecule has 0 unspecified atom stereocenters. The summed E-state index contributed by atoms with van der Waals surface area (Å²) in [7, 11) is 0. The molecule has 0 saturated heterocycles. The molecule has 0 radical (unpaired) electrons. The molecule has 0 bridgehead atoms. The van der Waals surface area contributed by atoms with Crippen molar-refractivity contribution >= 4 is 34.2 Å². The maximum atomic E-state index is 13.0. The largest absolute Gasteiger partial charge is 0.438 e. The van der Waals surface area contributed by atoms with Crippen molar-refractivity contribution in [1.82, 2.24) is 25.1 Å². The fraction of sp³-hybridized carbons (Fsp3) is 0.120. The summed E-state index contributed by atoms with van der Waals surface area (Å²) >= 11 is 0. The quantitative estimate of drug-likeness (QED) is 0.221. The zero-order chi connectivity index (χ0) is 26.6. The summed E-state index contributed by atoms with van der Waals surface area (Å²) in [6.07, 6.45) is -4.45. The van der Waals surface area contributed by atoms with Gasteiger partial charge in [-0.3, -0.25) is 5.10 Å². The van der Waals surface area contributed by atoms with Crippen molar-refractivity contribution in [1.29, 1.82) is 0 Å². The van der Waals surface area contributed by atoms with Gasteiger partial charge in [-0.25, -0.2) is 0 Å². The number of nitrogen functional groups attached to an aromatic ring is 2. The van der Waals surface area contributed by atoms with Gasteiger partial charge in [-0.1, -0.05) is 44.2 Å². The number of benzene rings is 3. The van der Waals surface area contributed by atoms with E-state index in [1.165, 1.54) is 18.2 Å². The Bertz CT molecular complexity index is 1510. The molecule has 9 nitrogen and oxygen atoms in total. The number of halogens is 3. The number of anilines is 4. The molecule has 0 amide bonds. The Balaban J connectivity index is 0.00000156. The van der Waals surface area contributed by atoms with Crippen LogP contribution in [0.3, 0.4) is 0 Å². The van der Waals surface area contributed by atoms with Crippen molar-refractivity contribution in [3.8, 4) is 23.0 Å². The summed E-state index contributed by atoms with van der Waals surface area (Å²) in [5.74, 6) is 1.40. The highest BCUT2D eigenvalue weighted by Gasteiger charge is 2.30. The van der Waals surface area contributed by atoms with Gasteiger partial charge in [0.15, 0.2) is 5.82 Å². The van der Waals surface area contributed by atoms with Gasteiger partial charge in [0.05, 0.1) is 5.56 Å². The molecule has 37 heavy (non-hydrogen) atoms. The molecule has 12 heteroatoms. The second kappa shape index (κ2) is 10.4. The number of aromatic nitrogens is 5. The van der Waals surface area contributed by atoms with Crippen LogP contribution in [0.25, 0.3) is 22.2 Å². The summed E-state index contributed by atoms with van der Waals surface area (Å²) in [6.45, 7) is 4.00. The van der Waals surface area contributed by atoms with Crippen molar-refractivity contribution in [2.75, 3.05) is 16.8 Å². The van der Waals surface area contributed by atoms with Crippen molar-refractivity contribution < 1.29 is 17.9 Å². The van der Waals surface area contributed by atoms with Crippen LogP contribution in [0.2, 0.25) is 0 Å². The molecule has 0 spiro atoms. The van der Waals surface area contributed by atoms with Gasteiger partial charge in [-0.15, -0.1) is 5.10 Å². The highest BCUT2D eigenvalue weighted by atomic mass is 19.4. The first kappa shape index (κ1) is 25.2. The molecule has 0 aliphatic carbocycles. The number of nitrogens with zero attached hydrogens (tertiary/aromatic N) is 4. The van der Waals surface area contributed by atoms with E-state index in [0.717, 1.165) is 22.9 Å². The molecule has 3 aromatic carbocycles. The van der Waals surface area contributed by atoms with Gasteiger partial charge in [-0.2, -0.15) is 28.1 Å². The van der Waals surface area contributed by atoms with Crippen molar-refractivity contribution in [3.05, 3.63) is 72.3 Å². The number of rotatable bonds is 5. The van der Waals surface area contributed by atoms with Gasteiger partial charge < -0.3 is 21.5 Å². The maximum Gasteiger partial charge on any atom is 0.416 e. The summed E-state index contributed by atoms with van der Waals surface area (Å²) in [5, 5.41) is 11.3. The Morgan fingerprint density at radius 1 is 0.865 bits per heavy atom. The van der Waals surface area contributed by atoms with E-state index in [1.54, 1.807) is 12.1 Å². The highest BCUT2D eigenvalue weighted by molar-refractivity contribution is 5.99. The van der Waals surface area contributed by atoms with E-state index in [2.05, 4.69) is 30.5 Å². The van der Waals surface area contributed by atoms with Crippen LogP contribution >= 0.6 is 0 Å². The molecule has 5 aromatic rings. The first-order chi connectivity index (χ1) is 17.8. The van der Waals surface area contributed by atoms with Crippen LogP contribution in [0.15, 0.2) is 66.7 Å². The van der Waals surface area contributed by atoms with E-state index < -0.39 is 11.7 Å². The van der Waals surface area contributed by atoms with E-state index in [-0.39, 0.29) is 29.3 Å². The van der Waals surface area contributed by atoms with Crippen LogP contribution in [0, 0.1) is 0 Å². The van der Waals surface area contributed by atoms with Crippen LogP contribution in [0.1, 0.15) is 19.4 Å². The lowest BCUT2D eigenvalue weighted by molar-refractivity contribution is -0.137. The third-order valence-electron chi connectivity index (χ3n) is 5.02. The van der Waals surface area contributed by atoms with Crippen LogP contribution < -0.4 is 21.5 Å². The van der Waals surface area contributed by atoms with Gasteiger partial charge >= 0.3 is 6.18 Å². The number of nitrogens with two attached hydrogens (primary N) is 2. The fourth-order valence-electron chi connectivity index (χ4n) is 3.53. The molecule has 6 N–H and O–H groups in total. The Kier molecular flexibility index (Phi) is 7.09. The van der Waals surface area contributed by atoms with Gasteiger partial charge in [0, 0.05) is 22.7 Å². The van der Waals surface area contributed by atoms with Crippen LogP contribution in [-0.4, -0.2) is 25.1 Å². The molecule has 0 atom stereocenters. The molecule has 2 aromatic heterocycles. The first-order valence-electron chi connectivity index (χ1n) is 11.2. The second-order valence-electron chi connectivity index (χ2n) is 7.46. The van der Waals surface area contributed by atoms with Crippen molar-refractivity contribution in [2.24, 2.45) is 0 Å². The Labute approximate surface area is 209 Å². The third-order valence-corrected chi connectivity index (χ3v) is 5.02. The standard InChI is InChI=1S/C23H17F3N8O.C2H6/c24-23(25,26)12-4-3-5-13(10-12)29-22-32-20(33-34-22)16-8-9-17(15-7-2-1-6-14(15)16)35-19-11-18(27)30-21(28)31-19;1-2/h1-11H,(H4,27,28,30,31)(H2,29,32,33,34);1-2H3. The van der Waals surface area contributed by atoms with E-state index in [0.29, 0.717) is 17.1 Å². The molecule has 190 valence electrons. The van der Waals surface area contributed by atoms with Gasteiger partial charge in [0.2, 0.25) is 17.8 Å². The van der Waals surface area contributed by atoms with Crippen LogP contribution in [0.4, 0.5) is 36.6 Å². The molecule has 0 aliphatic heterocycles. The minimum absolute atomic E-state index is 0.0108. The van der Waals surface area contributed by atoms with Crippen LogP contribution in [-0.2, 0) is 6.18 Å². The maximum absolute atomic E-state index is 13.0. The van der Waals surface area contributed by atoms with E-state index in [9.17, 15) is 13.2 Å². The third kappa shape index (κ3) is 5.69. The number of hydrogen-bond acceptors (Lipinski definition) is 8. The number of nitrogens with one attached hydrogen (secondary N) is 2. The molecule has 5 rings (SSSR count). The van der Waals surface area contributed by atoms with E-state index >= 15 is 0 Å². The van der Waals surface area contributed by atoms with Crippen LogP contribution in [0.5, 0.6) is 11.6 Å². The van der Waals surface area contributed by atoms with Crippen molar-refractivity contribution in [2.45, 2.75) is 20.0 Å². The lowest BCUT2D eigenvalue weighted by Gasteiger charge is -2.11. The van der Waals surface area contributed by atoms with E-state index in [4.69, 9.17) is 16.2 Å². The smallest absolute Gasteiger partial charge is 0.416 e. The number of alkyl halides is 3. The lowest BCUT2D eigenvalue weighted by atomic mass is 10.0. The normalized spacial score (nSPS) is 11.1. The zero-order valence-electron chi connectivity index (χ0n) is 19.8. The Morgan fingerprint density at radius 2 is 1.62 bits per heavy atom. The number of hydrogen-bond donors (Lipinski definition) is 4. The molecule has 0 saturated carbocycles.